The zero-order valence-electron chi connectivity index (χ0n) is 11.8. The van der Waals surface area contributed by atoms with Gasteiger partial charge in [-0.2, -0.15) is 0 Å². The molecule has 0 heterocycles. The summed E-state index contributed by atoms with van der Waals surface area (Å²) >= 11 is 0. The van der Waals surface area contributed by atoms with E-state index in [0.717, 1.165) is 5.56 Å². The molecule has 0 aromatic heterocycles. The fourth-order valence-electron chi connectivity index (χ4n) is 2.11. The highest BCUT2D eigenvalue weighted by atomic mass is 16.5. The van der Waals surface area contributed by atoms with Gasteiger partial charge in [0, 0.05) is 13.2 Å². The second kappa shape index (κ2) is 6.00. The highest BCUT2D eigenvalue weighted by Crippen LogP contribution is 2.26. The Morgan fingerprint density at radius 3 is 1.95 bits per heavy atom. The molecule has 2 aromatic carbocycles. The van der Waals surface area contributed by atoms with Crippen LogP contribution in [0.5, 0.6) is 0 Å². The third-order valence-electron chi connectivity index (χ3n) is 3.46. The Morgan fingerprint density at radius 2 is 1.42 bits per heavy atom. The molecule has 2 nitrogen and oxygen atoms in total. The van der Waals surface area contributed by atoms with Gasteiger partial charge in [-0.1, -0.05) is 36.4 Å². The van der Waals surface area contributed by atoms with Gasteiger partial charge in [0.15, 0.2) is 0 Å². The lowest BCUT2D eigenvalue weighted by Gasteiger charge is -2.12. The minimum atomic E-state index is 0.0565. The lowest BCUT2D eigenvalue weighted by Crippen LogP contribution is -2.04. The largest absolute Gasteiger partial charge is 0.377 e. The van der Waals surface area contributed by atoms with Crippen molar-refractivity contribution in [2.75, 3.05) is 7.11 Å². The minimum absolute atomic E-state index is 0.0565. The summed E-state index contributed by atoms with van der Waals surface area (Å²) in [6.45, 7) is 4.06. The van der Waals surface area contributed by atoms with Crippen molar-refractivity contribution in [3.05, 3.63) is 59.7 Å². The maximum Gasteiger partial charge on any atom is 0.0793 e. The molecule has 1 unspecified atom stereocenters. The van der Waals surface area contributed by atoms with Crippen molar-refractivity contribution in [3.63, 3.8) is 0 Å². The smallest absolute Gasteiger partial charge is 0.0793 e. The summed E-state index contributed by atoms with van der Waals surface area (Å²) in [5.74, 6) is 0. The number of benzene rings is 2. The van der Waals surface area contributed by atoms with Crippen molar-refractivity contribution in [2.45, 2.75) is 26.0 Å². The van der Waals surface area contributed by atoms with Crippen LogP contribution in [0.25, 0.3) is 11.1 Å². The van der Waals surface area contributed by atoms with Gasteiger partial charge in [-0.15, -0.1) is 0 Å². The number of nitrogens with two attached hydrogens (primary N) is 1. The van der Waals surface area contributed by atoms with E-state index in [0.29, 0.717) is 0 Å². The predicted octanol–water partition coefficient (Wildman–Crippen LogP) is 4.08. The molecule has 0 aliphatic heterocycles. The lowest BCUT2D eigenvalue weighted by molar-refractivity contribution is 0.119. The Labute approximate surface area is 115 Å². The van der Waals surface area contributed by atoms with E-state index in [2.05, 4.69) is 55.5 Å². The van der Waals surface area contributed by atoms with Crippen LogP contribution >= 0.6 is 0 Å². The highest BCUT2D eigenvalue weighted by Gasteiger charge is 2.06. The van der Waals surface area contributed by atoms with E-state index >= 15 is 0 Å². The van der Waals surface area contributed by atoms with E-state index in [-0.39, 0.29) is 12.1 Å². The average Bonchev–Trinajstić information content (AvgIpc) is 2.46. The SMILES string of the molecule is COC(C)c1cccc(-c2cccc([C@@H](C)N)c2)c1. The molecule has 0 saturated carbocycles. The van der Waals surface area contributed by atoms with Crippen LogP contribution in [0.15, 0.2) is 48.5 Å². The molecule has 2 atom stereocenters. The Kier molecular flexibility index (Phi) is 4.35. The lowest BCUT2D eigenvalue weighted by atomic mass is 9.98. The molecule has 19 heavy (non-hydrogen) atoms. The molecule has 0 bridgehead atoms. The van der Waals surface area contributed by atoms with Crippen LogP contribution in [0.3, 0.4) is 0 Å². The van der Waals surface area contributed by atoms with E-state index in [1.54, 1.807) is 7.11 Å². The molecule has 0 spiro atoms. The van der Waals surface area contributed by atoms with Crippen LogP contribution in [-0.2, 0) is 4.74 Å². The van der Waals surface area contributed by atoms with Crippen molar-refractivity contribution < 1.29 is 4.74 Å². The first kappa shape index (κ1) is 13.8. The summed E-state index contributed by atoms with van der Waals surface area (Å²) in [4.78, 5) is 0. The average molecular weight is 255 g/mol. The Hall–Kier alpha value is -1.64. The van der Waals surface area contributed by atoms with Crippen molar-refractivity contribution in [1.29, 1.82) is 0 Å². The fraction of sp³-hybridized carbons (Fsp3) is 0.294. The topological polar surface area (TPSA) is 35.2 Å². The zero-order valence-corrected chi connectivity index (χ0v) is 11.8. The molecular formula is C17H21NO. The van der Waals surface area contributed by atoms with Gasteiger partial charge in [-0.25, -0.2) is 0 Å². The van der Waals surface area contributed by atoms with Gasteiger partial charge in [0.2, 0.25) is 0 Å². The summed E-state index contributed by atoms with van der Waals surface area (Å²) in [6, 6.07) is 16.9. The van der Waals surface area contributed by atoms with Crippen molar-refractivity contribution in [1.82, 2.24) is 0 Å². The normalized spacial score (nSPS) is 14.1. The van der Waals surface area contributed by atoms with E-state index in [1.807, 2.05) is 6.92 Å². The number of ether oxygens (including phenoxy) is 1. The highest BCUT2D eigenvalue weighted by molar-refractivity contribution is 5.65. The van der Waals surface area contributed by atoms with Gasteiger partial charge < -0.3 is 10.5 Å². The standard InChI is InChI=1S/C17H21NO/c1-12(18)14-6-4-8-16(10-14)17-9-5-7-15(11-17)13(2)19-3/h4-13H,18H2,1-3H3/t12-,13?/m1/s1. The number of methoxy groups -OCH3 is 1. The first-order valence-corrected chi connectivity index (χ1v) is 6.60. The van der Waals surface area contributed by atoms with Crippen LogP contribution < -0.4 is 5.73 Å². The molecule has 0 radical (unpaired) electrons. The first-order valence-electron chi connectivity index (χ1n) is 6.60. The second-order valence-electron chi connectivity index (χ2n) is 4.92. The quantitative estimate of drug-likeness (QED) is 0.893. The van der Waals surface area contributed by atoms with Gasteiger partial charge in [-0.05, 0) is 48.2 Å². The molecule has 0 aliphatic rings. The van der Waals surface area contributed by atoms with Gasteiger partial charge >= 0.3 is 0 Å². The van der Waals surface area contributed by atoms with Crippen LogP contribution in [-0.4, -0.2) is 7.11 Å². The fourth-order valence-corrected chi connectivity index (χ4v) is 2.11. The van der Waals surface area contributed by atoms with Crippen LogP contribution in [0, 0.1) is 0 Å². The molecule has 2 rings (SSSR count). The zero-order chi connectivity index (χ0) is 13.8. The molecule has 0 fully saturated rings. The first-order chi connectivity index (χ1) is 9.11. The summed E-state index contributed by atoms with van der Waals surface area (Å²) < 4.78 is 5.37. The van der Waals surface area contributed by atoms with Gasteiger partial charge in [0.25, 0.3) is 0 Å². The minimum Gasteiger partial charge on any atom is -0.377 e. The molecule has 0 saturated heterocycles. The van der Waals surface area contributed by atoms with Crippen LogP contribution in [0.1, 0.15) is 37.1 Å². The molecular weight excluding hydrogens is 234 g/mol. The maximum atomic E-state index is 5.94. The van der Waals surface area contributed by atoms with Crippen molar-refractivity contribution in [2.24, 2.45) is 5.73 Å². The molecule has 0 amide bonds. The van der Waals surface area contributed by atoms with E-state index in [1.165, 1.54) is 16.7 Å². The van der Waals surface area contributed by atoms with Gasteiger partial charge in [0.1, 0.15) is 0 Å². The van der Waals surface area contributed by atoms with Crippen LogP contribution in [0.2, 0.25) is 0 Å². The van der Waals surface area contributed by atoms with E-state index < -0.39 is 0 Å². The Bertz CT molecular complexity index is 548. The van der Waals surface area contributed by atoms with Gasteiger partial charge in [-0.3, -0.25) is 0 Å². The maximum absolute atomic E-state index is 5.94. The van der Waals surface area contributed by atoms with Crippen LogP contribution in [0.4, 0.5) is 0 Å². The van der Waals surface area contributed by atoms with E-state index in [4.69, 9.17) is 10.5 Å². The van der Waals surface area contributed by atoms with Crippen molar-refractivity contribution in [3.8, 4) is 11.1 Å². The Balaban J connectivity index is 2.39. The van der Waals surface area contributed by atoms with Gasteiger partial charge in [0.05, 0.1) is 6.10 Å². The summed E-state index contributed by atoms with van der Waals surface area (Å²) in [6.07, 6.45) is 0.108. The molecule has 100 valence electrons. The molecule has 2 heteroatoms. The number of hydrogen-bond acceptors (Lipinski definition) is 2. The summed E-state index contributed by atoms with van der Waals surface area (Å²) in [5.41, 5.74) is 10.7. The summed E-state index contributed by atoms with van der Waals surface area (Å²) in [5, 5.41) is 0. The molecule has 2 N–H and O–H groups in total. The predicted molar refractivity (Wildman–Crippen MR) is 79.9 cm³/mol. The van der Waals surface area contributed by atoms with Crippen molar-refractivity contribution >= 4 is 0 Å². The number of hydrogen-bond donors (Lipinski definition) is 1. The molecule has 2 aromatic rings. The van der Waals surface area contributed by atoms with E-state index in [9.17, 15) is 0 Å². The number of rotatable bonds is 4. The third-order valence-corrected chi connectivity index (χ3v) is 3.46. The molecule has 0 aliphatic carbocycles. The monoisotopic (exact) mass is 255 g/mol. The Morgan fingerprint density at radius 1 is 0.895 bits per heavy atom. The third kappa shape index (κ3) is 3.22. The second-order valence-corrected chi connectivity index (χ2v) is 4.92. The summed E-state index contributed by atoms with van der Waals surface area (Å²) in [7, 11) is 1.73.